The lowest BCUT2D eigenvalue weighted by molar-refractivity contribution is 0.195. The van der Waals surface area contributed by atoms with E-state index < -0.39 is 0 Å². The molecule has 0 fully saturated rings. The molecule has 1 aliphatic heterocycles. The molecule has 2 heteroatoms. The standard InChI is InChI=1S/C17H25NO/c1-6-16-17(3,4)14-12-13(2)8-9-15(14)18(16)10-7-11-19-5/h6,8-9,12,16H,1,7,10-11H2,2-5H3. The zero-order chi connectivity index (χ0) is 14.0. The average molecular weight is 259 g/mol. The second-order valence-electron chi connectivity index (χ2n) is 5.96. The number of nitrogens with zero attached hydrogens (tertiary/aromatic N) is 1. The summed E-state index contributed by atoms with van der Waals surface area (Å²) in [5.74, 6) is 0. The zero-order valence-electron chi connectivity index (χ0n) is 12.6. The van der Waals surface area contributed by atoms with Crippen LogP contribution in [0.5, 0.6) is 0 Å². The highest BCUT2D eigenvalue weighted by Gasteiger charge is 2.42. The number of fused-ring (bicyclic) bond motifs is 1. The molecular formula is C17H25NO. The number of aryl methyl sites for hydroxylation is 1. The van der Waals surface area contributed by atoms with E-state index >= 15 is 0 Å². The van der Waals surface area contributed by atoms with Crippen molar-refractivity contribution in [2.75, 3.05) is 25.2 Å². The molecule has 0 amide bonds. The maximum Gasteiger partial charge on any atom is 0.0562 e. The molecule has 1 aromatic rings. The molecule has 2 rings (SSSR count). The van der Waals surface area contributed by atoms with Crippen molar-refractivity contribution in [1.29, 1.82) is 0 Å². The number of rotatable bonds is 5. The molecule has 0 radical (unpaired) electrons. The summed E-state index contributed by atoms with van der Waals surface area (Å²) in [5, 5.41) is 0. The molecule has 1 unspecified atom stereocenters. The summed E-state index contributed by atoms with van der Waals surface area (Å²) in [6.45, 7) is 12.7. The summed E-state index contributed by atoms with van der Waals surface area (Å²) >= 11 is 0. The van der Waals surface area contributed by atoms with E-state index in [1.807, 2.05) is 0 Å². The van der Waals surface area contributed by atoms with Crippen LogP contribution in [0.25, 0.3) is 0 Å². The Labute approximate surface area is 117 Å². The molecule has 1 atom stereocenters. The molecule has 1 aromatic carbocycles. The minimum absolute atomic E-state index is 0.121. The van der Waals surface area contributed by atoms with Crippen LogP contribution < -0.4 is 4.90 Å². The van der Waals surface area contributed by atoms with Gasteiger partial charge >= 0.3 is 0 Å². The first-order valence-electron chi connectivity index (χ1n) is 7.01. The van der Waals surface area contributed by atoms with Crippen molar-refractivity contribution in [2.45, 2.75) is 38.6 Å². The Morgan fingerprint density at radius 1 is 1.42 bits per heavy atom. The topological polar surface area (TPSA) is 12.5 Å². The number of benzene rings is 1. The molecule has 104 valence electrons. The van der Waals surface area contributed by atoms with E-state index in [-0.39, 0.29) is 5.41 Å². The summed E-state index contributed by atoms with van der Waals surface area (Å²) in [6.07, 6.45) is 3.13. The molecule has 0 saturated heterocycles. The molecule has 0 aromatic heterocycles. The Balaban J connectivity index is 2.35. The summed E-state index contributed by atoms with van der Waals surface area (Å²) in [6, 6.07) is 7.13. The van der Waals surface area contributed by atoms with Crippen LogP contribution in [0.1, 0.15) is 31.4 Å². The first-order valence-corrected chi connectivity index (χ1v) is 7.01. The zero-order valence-corrected chi connectivity index (χ0v) is 12.6. The lowest BCUT2D eigenvalue weighted by Gasteiger charge is -2.32. The fourth-order valence-corrected chi connectivity index (χ4v) is 3.18. The van der Waals surface area contributed by atoms with Crippen LogP contribution in [-0.4, -0.2) is 26.3 Å². The van der Waals surface area contributed by atoms with Crippen LogP contribution in [0, 0.1) is 6.92 Å². The van der Waals surface area contributed by atoms with Gasteiger partial charge in [0.05, 0.1) is 6.04 Å². The molecule has 1 heterocycles. The quantitative estimate of drug-likeness (QED) is 0.591. The maximum atomic E-state index is 5.18. The summed E-state index contributed by atoms with van der Waals surface area (Å²) in [4.78, 5) is 2.47. The third kappa shape index (κ3) is 2.42. The lowest BCUT2D eigenvalue weighted by Crippen LogP contribution is -2.40. The van der Waals surface area contributed by atoms with Crippen molar-refractivity contribution >= 4 is 5.69 Å². The number of methoxy groups -OCH3 is 1. The second kappa shape index (κ2) is 5.38. The van der Waals surface area contributed by atoms with Gasteiger partial charge in [0, 0.05) is 31.4 Å². The molecule has 2 nitrogen and oxygen atoms in total. The minimum atomic E-state index is 0.121. The number of hydrogen-bond acceptors (Lipinski definition) is 2. The van der Waals surface area contributed by atoms with Crippen molar-refractivity contribution in [1.82, 2.24) is 0 Å². The van der Waals surface area contributed by atoms with Crippen LogP contribution in [0.2, 0.25) is 0 Å². The highest BCUT2D eigenvalue weighted by atomic mass is 16.5. The van der Waals surface area contributed by atoms with Crippen molar-refractivity contribution in [2.24, 2.45) is 0 Å². The predicted octanol–water partition coefficient (Wildman–Crippen LogP) is 3.68. The first kappa shape index (κ1) is 14.1. The monoisotopic (exact) mass is 259 g/mol. The van der Waals surface area contributed by atoms with E-state index in [9.17, 15) is 0 Å². The van der Waals surface area contributed by atoms with Gasteiger partial charge in [0.15, 0.2) is 0 Å². The van der Waals surface area contributed by atoms with Crippen LogP contribution in [0.3, 0.4) is 0 Å². The molecule has 1 aliphatic rings. The number of anilines is 1. The summed E-state index contributed by atoms with van der Waals surface area (Å²) < 4.78 is 5.18. The van der Waals surface area contributed by atoms with Gasteiger partial charge in [-0.05, 0) is 25.0 Å². The summed E-state index contributed by atoms with van der Waals surface area (Å²) in [5.41, 5.74) is 4.25. The van der Waals surface area contributed by atoms with Gasteiger partial charge < -0.3 is 9.64 Å². The number of hydrogen-bond donors (Lipinski definition) is 0. The molecule has 0 N–H and O–H groups in total. The van der Waals surface area contributed by atoms with Gasteiger partial charge in [0.25, 0.3) is 0 Å². The van der Waals surface area contributed by atoms with Gasteiger partial charge in [-0.15, -0.1) is 6.58 Å². The summed E-state index contributed by atoms with van der Waals surface area (Å²) in [7, 11) is 1.76. The van der Waals surface area contributed by atoms with Crippen LogP contribution >= 0.6 is 0 Å². The first-order chi connectivity index (χ1) is 9.02. The van der Waals surface area contributed by atoms with E-state index in [1.165, 1.54) is 16.8 Å². The molecule has 0 aliphatic carbocycles. The minimum Gasteiger partial charge on any atom is -0.385 e. The normalized spacial score (nSPS) is 20.4. The number of ether oxygens (including phenoxy) is 1. The van der Waals surface area contributed by atoms with Gasteiger partial charge in [0.1, 0.15) is 0 Å². The van der Waals surface area contributed by atoms with E-state index in [2.05, 4.69) is 56.5 Å². The Hall–Kier alpha value is -1.28. The Kier molecular flexibility index (Phi) is 4.00. The predicted molar refractivity (Wildman–Crippen MR) is 82.0 cm³/mol. The third-order valence-electron chi connectivity index (χ3n) is 4.20. The Morgan fingerprint density at radius 3 is 2.79 bits per heavy atom. The Bertz CT molecular complexity index is 464. The van der Waals surface area contributed by atoms with Gasteiger partial charge in [-0.3, -0.25) is 0 Å². The fourth-order valence-electron chi connectivity index (χ4n) is 3.18. The van der Waals surface area contributed by atoms with Crippen LogP contribution in [-0.2, 0) is 10.2 Å². The average Bonchev–Trinajstić information content (AvgIpc) is 2.58. The van der Waals surface area contributed by atoms with Crippen molar-refractivity contribution in [3.63, 3.8) is 0 Å². The van der Waals surface area contributed by atoms with Gasteiger partial charge in [-0.25, -0.2) is 0 Å². The van der Waals surface area contributed by atoms with Gasteiger partial charge in [0.2, 0.25) is 0 Å². The maximum absolute atomic E-state index is 5.18. The lowest BCUT2D eigenvalue weighted by atomic mass is 9.80. The van der Waals surface area contributed by atoms with Crippen LogP contribution in [0.15, 0.2) is 30.9 Å². The van der Waals surface area contributed by atoms with Crippen molar-refractivity contribution in [3.8, 4) is 0 Å². The SMILES string of the molecule is C=CC1N(CCCOC)c2ccc(C)cc2C1(C)C. The van der Waals surface area contributed by atoms with E-state index in [1.54, 1.807) is 7.11 Å². The fraction of sp³-hybridized carbons (Fsp3) is 0.529. The smallest absolute Gasteiger partial charge is 0.0562 e. The largest absolute Gasteiger partial charge is 0.385 e. The van der Waals surface area contributed by atoms with Crippen molar-refractivity contribution in [3.05, 3.63) is 42.0 Å². The third-order valence-corrected chi connectivity index (χ3v) is 4.20. The van der Waals surface area contributed by atoms with E-state index in [4.69, 9.17) is 4.74 Å². The van der Waals surface area contributed by atoms with E-state index in [0.717, 1.165) is 19.6 Å². The van der Waals surface area contributed by atoms with Gasteiger partial charge in [-0.2, -0.15) is 0 Å². The van der Waals surface area contributed by atoms with Crippen molar-refractivity contribution < 1.29 is 4.74 Å². The highest BCUT2D eigenvalue weighted by Crippen LogP contribution is 2.45. The molecule has 0 spiro atoms. The second-order valence-corrected chi connectivity index (χ2v) is 5.96. The molecule has 0 bridgehead atoms. The van der Waals surface area contributed by atoms with Gasteiger partial charge in [-0.1, -0.05) is 37.6 Å². The van der Waals surface area contributed by atoms with E-state index in [0.29, 0.717) is 6.04 Å². The molecular weight excluding hydrogens is 234 g/mol. The highest BCUT2D eigenvalue weighted by molar-refractivity contribution is 5.66. The van der Waals surface area contributed by atoms with Crippen LogP contribution in [0.4, 0.5) is 5.69 Å². The Morgan fingerprint density at radius 2 is 2.16 bits per heavy atom. The molecule has 0 saturated carbocycles. The molecule has 19 heavy (non-hydrogen) atoms.